The van der Waals surface area contributed by atoms with Gasteiger partial charge < -0.3 is 9.52 Å². The van der Waals surface area contributed by atoms with E-state index in [1.165, 1.54) is 18.0 Å². The van der Waals surface area contributed by atoms with Crippen LogP contribution < -0.4 is 0 Å². The summed E-state index contributed by atoms with van der Waals surface area (Å²) in [4.78, 5) is 8.26. The molecule has 0 spiro atoms. The van der Waals surface area contributed by atoms with Crippen molar-refractivity contribution in [1.29, 1.82) is 0 Å². The summed E-state index contributed by atoms with van der Waals surface area (Å²) >= 11 is 1.43. The maximum Gasteiger partial charge on any atom is 0.290 e. The van der Waals surface area contributed by atoms with Crippen LogP contribution in [0, 0.1) is 0 Å². The van der Waals surface area contributed by atoms with Crippen molar-refractivity contribution in [3.63, 3.8) is 0 Å². The van der Waals surface area contributed by atoms with Gasteiger partial charge in [0.15, 0.2) is 5.76 Å². The maximum atomic E-state index is 9.66. The molecule has 2 N–H and O–H groups in total. The number of nitrogens with one attached hydrogen (secondary N) is 1. The van der Waals surface area contributed by atoms with Gasteiger partial charge in [-0.25, -0.2) is 10.1 Å². The first-order chi connectivity index (χ1) is 9.28. The molecule has 0 aliphatic carbocycles. The number of benzene rings is 1. The molecule has 0 bridgehead atoms. The smallest absolute Gasteiger partial charge is 0.290 e. The Balaban J connectivity index is 1.97. The first-order valence-corrected chi connectivity index (χ1v) is 6.71. The number of aromatic hydroxyl groups is 1. The van der Waals surface area contributed by atoms with E-state index in [0.29, 0.717) is 22.3 Å². The van der Waals surface area contributed by atoms with Gasteiger partial charge in [0.25, 0.3) is 5.95 Å². The lowest BCUT2D eigenvalue weighted by Crippen LogP contribution is -1.77. The van der Waals surface area contributed by atoms with Crippen LogP contribution in [0.2, 0.25) is 0 Å². The third kappa shape index (κ3) is 2.19. The summed E-state index contributed by atoms with van der Waals surface area (Å²) in [5.41, 5.74) is 0. The number of aromatic nitrogens is 3. The van der Waals surface area contributed by atoms with Gasteiger partial charge in [-0.05, 0) is 12.3 Å². The molecule has 1 aromatic carbocycles. The molecule has 0 atom stereocenters. The van der Waals surface area contributed by atoms with Crippen LogP contribution in [0.3, 0.4) is 0 Å². The number of H-pyrrole nitrogens is 1. The molecule has 0 saturated carbocycles. The van der Waals surface area contributed by atoms with Crippen molar-refractivity contribution in [3.05, 3.63) is 30.0 Å². The van der Waals surface area contributed by atoms with E-state index < -0.39 is 0 Å². The molecule has 2 aromatic heterocycles. The molecule has 0 fully saturated rings. The third-order valence-electron chi connectivity index (χ3n) is 2.57. The Bertz CT molecular complexity index is 747. The van der Waals surface area contributed by atoms with Gasteiger partial charge in [0.2, 0.25) is 11.1 Å². The number of furan rings is 1. The highest BCUT2D eigenvalue weighted by atomic mass is 32.2. The third-order valence-corrected chi connectivity index (χ3v) is 3.12. The average Bonchev–Trinajstić information content (AvgIpc) is 3.02. The second-order valence-electron chi connectivity index (χ2n) is 3.72. The van der Waals surface area contributed by atoms with E-state index >= 15 is 0 Å². The minimum atomic E-state index is -0.112. The lowest BCUT2D eigenvalue weighted by molar-refractivity contribution is 0.336. The van der Waals surface area contributed by atoms with Crippen LogP contribution in [0.15, 0.2) is 38.8 Å². The lowest BCUT2D eigenvalue weighted by Gasteiger charge is -1.87. The number of hydrogen-bond acceptors (Lipinski definition) is 6. The van der Waals surface area contributed by atoms with Crippen molar-refractivity contribution in [2.75, 3.05) is 6.26 Å². The normalized spacial score (nSPS) is 11.6. The van der Waals surface area contributed by atoms with E-state index in [0.717, 1.165) is 5.39 Å². The van der Waals surface area contributed by atoms with Gasteiger partial charge in [-0.2, -0.15) is 4.98 Å². The fraction of sp³-hybridized carbons (Fsp3) is 0.0833. The van der Waals surface area contributed by atoms with Crippen molar-refractivity contribution in [1.82, 2.24) is 15.2 Å². The SMILES string of the molecule is CSc1n[nH]c(N=Cc2oc(O)c3ccccc23)n1. The molecule has 2 heterocycles. The van der Waals surface area contributed by atoms with Gasteiger partial charge in [0.05, 0.1) is 11.6 Å². The summed E-state index contributed by atoms with van der Waals surface area (Å²) < 4.78 is 5.26. The molecule has 0 saturated heterocycles. The van der Waals surface area contributed by atoms with Crippen LogP contribution in [0.25, 0.3) is 10.8 Å². The van der Waals surface area contributed by atoms with Crippen molar-refractivity contribution in [2.24, 2.45) is 4.99 Å². The van der Waals surface area contributed by atoms with Crippen LogP contribution in [0.5, 0.6) is 5.95 Å². The highest BCUT2D eigenvalue weighted by Gasteiger charge is 2.10. The van der Waals surface area contributed by atoms with Gasteiger partial charge in [0, 0.05) is 5.39 Å². The molecular weight excluding hydrogens is 264 g/mol. The monoisotopic (exact) mass is 274 g/mol. The van der Waals surface area contributed by atoms with Crippen LogP contribution in [0.1, 0.15) is 5.76 Å². The fourth-order valence-corrected chi connectivity index (χ4v) is 2.02. The van der Waals surface area contributed by atoms with E-state index in [4.69, 9.17) is 4.42 Å². The number of hydrogen-bond donors (Lipinski definition) is 2. The fourth-order valence-electron chi connectivity index (χ4n) is 1.70. The largest absolute Gasteiger partial charge is 0.480 e. The lowest BCUT2D eigenvalue weighted by atomic mass is 10.2. The first-order valence-electron chi connectivity index (χ1n) is 5.49. The number of thioether (sulfide) groups is 1. The Kier molecular flexibility index (Phi) is 2.96. The number of nitrogens with zero attached hydrogens (tertiary/aromatic N) is 3. The van der Waals surface area contributed by atoms with Gasteiger partial charge >= 0.3 is 0 Å². The predicted octanol–water partition coefficient (Wildman–Crippen LogP) is 2.73. The molecule has 19 heavy (non-hydrogen) atoms. The standard InChI is InChI=1S/C12H10N4O2S/c1-19-12-14-11(15-16-12)13-6-9-7-4-2-3-5-8(7)10(17)18-9/h2-6,17H,1H3,(H,14,15,16). The minimum absolute atomic E-state index is 0.112. The van der Waals surface area contributed by atoms with Crippen molar-refractivity contribution in [3.8, 4) is 5.95 Å². The zero-order valence-electron chi connectivity index (χ0n) is 9.99. The molecule has 3 aromatic rings. The van der Waals surface area contributed by atoms with Crippen molar-refractivity contribution >= 4 is 34.7 Å². The number of rotatable bonds is 3. The summed E-state index contributed by atoms with van der Waals surface area (Å²) in [7, 11) is 0. The number of aromatic amines is 1. The molecule has 7 heteroatoms. The average molecular weight is 274 g/mol. The van der Waals surface area contributed by atoms with Crippen LogP contribution in [-0.2, 0) is 0 Å². The molecule has 0 unspecified atom stereocenters. The van der Waals surface area contributed by atoms with Crippen molar-refractivity contribution in [2.45, 2.75) is 5.16 Å². The van der Waals surface area contributed by atoms with Crippen LogP contribution in [0.4, 0.5) is 5.95 Å². The Hall–Kier alpha value is -2.28. The van der Waals surface area contributed by atoms with Gasteiger partial charge in [-0.3, -0.25) is 0 Å². The van der Waals surface area contributed by atoms with E-state index in [-0.39, 0.29) is 5.95 Å². The zero-order chi connectivity index (χ0) is 13.2. The summed E-state index contributed by atoms with van der Waals surface area (Å²) in [6.07, 6.45) is 3.39. The van der Waals surface area contributed by atoms with Gasteiger partial charge in [-0.1, -0.05) is 30.0 Å². The van der Waals surface area contributed by atoms with E-state index in [9.17, 15) is 5.11 Å². The van der Waals surface area contributed by atoms with Crippen molar-refractivity contribution < 1.29 is 9.52 Å². The molecule has 0 radical (unpaired) electrons. The van der Waals surface area contributed by atoms with Gasteiger partial charge in [-0.15, -0.1) is 5.10 Å². The second kappa shape index (κ2) is 4.77. The molecule has 96 valence electrons. The van der Waals surface area contributed by atoms with Crippen LogP contribution in [-0.4, -0.2) is 32.8 Å². The predicted molar refractivity (Wildman–Crippen MR) is 73.3 cm³/mol. The summed E-state index contributed by atoms with van der Waals surface area (Å²) in [5.74, 6) is 0.763. The number of aliphatic imine (C=N–C) groups is 1. The highest BCUT2D eigenvalue weighted by Crippen LogP contribution is 2.29. The van der Waals surface area contributed by atoms with E-state index in [1.807, 2.05) is 24.5 Å². The highest BCUT2D eigenvalue weighted by molar-refractivity contribution is 7.98. The molecule has 3 rings (SSSR count). The second-order valence-corrected chi connectivity index (χ2v) is 4.49. The molecule has 6 nitrogen and oxygen atoms in total. The Labute approximate surface area is 112 Å². The zero-order valence-corrected chi connectivity index (χ0v) is 10.8. The van der Waals surface area contributed by atoms with E-state index in [1.54, 1.807) is 6.07 Å². The quantitative estimate of drug-likeness (QED) is 0.566. The topological polar surface area (TPSA) is 87.3 Å². The van der Waals surface area contributed by atoms with Gasteiger partial charge in [0.1, 0.15) is 0 Å². The summed E-state index contributed by atoms with van der Waals surface area (Å²) in [6, 6.07) is 7.34. The Morgan fingerprint density at radius 1 is 1.37 bits per heavy atom. The molecule has 0 aliphatic rings. The molecule has 0 amide bonds. The first kappa shape index (κ1) is 11.8. The molecular formula is C12H10N4O2S. The number of fused-ring (bicyclic) bond motifs is 1. The Morgan fingerprint density at radius 2 is 2.16 bits per heavy atom. The van der Waals surface area contributed by atoms with E-state index in [2.05, 4.69) is 20.2 Å². The van der Waals surface area contributed by atoms with Crippen LogP contribution >= 0.6 is 11.8 Å². The minimum Gasteiger partial charge on any atom is -0.480 e. The maximum absolute atomic E-state index is 9.66. The summed E-state index contributed by atoms with van der Waals surface area (Å²) in [6.45, 7) is 0. The molecule has 0 aliphatic heterocycles. The summed E-state index contributed by atoms with van der Waals surface area (Å²) in [5, 5.41) is 18.4. The Morgan fingerprint density at radius 3 is 2.89 bits per heavy atom.